The molecule has 0 unspecified atom stereocenters. The lowest BCUT2D eigenvalue weighted by Gasteiger charge is -2.23. The number of carbonyl (C=O) groups excluding carboxylic acids is 1. The average molecular weight is 406 g/mol. The van der Waals surface area contributed by atoms with Gasteiger partial charge in [0.05, 0.1) is 7.11 Å². The van der Waals surface area contributed by atoms with E-state index in [1.807, 2.05) is 24.3 Å². The maximum atomic E-state index is 14.0. The number of carbonyl (C=O) groups is 1. The molecule has 0 aliphatic carbocycles. The summed E-state index contributed by atoms with van der Waals surface area (Å²) in [4.78, 5) is 12.2. The van der Waals surface area contributed by atoms with E-state index in [4.69, 9.17) is 4.74 Å². The highest BCUT2D eigenvalue weighted by Gasteiger charge is 2.40. The number of hydrogen-bond acceptors (Lipinski definition) is 4. The predicted octanol–water partition coefficient (Wildman–Crippen LogP) is 2.35. The Labute approximate surface area is 164 Å². The lowest BCUT2D eigenvalue weighted by molar-refractivity contribution is -0.124. The third kappa shape index (κ3) is 4.34. The average Bonchev–Trinajstić information content (AvgIpc) is 3.19. The van der Waals surface area contributed by atoms with Crippen molar-refractivity contribution in [1.82, 2.24) is 9.62 Å². The minimum Gasteiger partial charge on any atom is -0.497 e. The predicted molar refractivity (Wildman–Crippen MR) is 103 cm³/mol. The summed E-state index contributed by atoms with van der Waals surface area (Å²) in [6, 6.07) is 11.9. The monoisotopic (exact) mass is 406 g/mol. The van der Waals surface area contributed by atoms with Gasteiger partial charge in [-0.1, -0.05) is 24.3 Å². The van der Waals surface area contributed by atoms with Crippen molar-refractivity contribution in [3.05, 3.63) is 59.9 Å². The molecule has 8 heteroatoms. The molecule has 1 fully saturated rings. The van der Waals surface area contributed by atoms with Gasteiger partial charge in [0.2, 0.25) is 15.9 Å². The summed E-state index contributed by atoms with van der Waals surface area (Å²) in [6.07, 6.45) is 1.59. The zero-order valence-corrected chi connectivity index (χ0v) is 16.4. The van der Waals surface area contributed by atoms with Crippen LogP contribution >= 0.6 is 0 Å². The highest BCUT2D eigenvalue weighted by Crippen LogP contribution is 2.27. The molecule has 6 nitrogen and oxygen atoms in total. The number of nitrogens with one attached hydrogen (secondary N) is 1. The highest BCUT2D eigenvalue weighted by molar-refractivity contribution is 7.89. The topological polar surface area (TPSA) is 75.7 Å². The second-order valence-electron chi connectivity index (χ2n) is 6.59. The first kappa shape index (κ1) is 20.3. The second kappa shape index (κ2) is 8.70. The number of nitrogens with zero attached hydrogens (tertiary/aromatic N) is 1. The molecular formula is C20H23FN2O4S. The van der Waals surface area contributed by atoms with Crippen molar-refractivity contribution in [2.75, 3.05) is 20.2 Å². The maximum Gasteiger partial charge on any atom is 0.246 e. The Balaban J connectivity index is 1.63. The molecular weight excluding hydrogens is 383 g/mol. The molecule has 0 spiro atoms. The Morgan fingerprint density at radius 1 is 1.21 bits per heavy atom. The van der Waals surface area contributed by atoms with Gasteiger partial charge in [0, 0.05) is 13.1 Å². The van der Waals surface area contributed by atoms with E-state index in [-0.39, 0.29) is 12.5 Å². The van der Waals surface area contributed by atoms with Gasteiger partial charge in [0.1, 0.15) is 22.5 Å². The number of amides is 1. The number of benzene rings is 2. The van der Waals surface area contributed by atoms with E-state index in [0.29, 0.717) is 25.8 Å². The summed E-state index contributed by atoms with van der Waals surface area (Å²) in [7, 11) is -2.47. The van der Waals surface area contributed by atoms with Crippen LogP contribution in [0.25, 0.3) is 0 Å². The summed E-state index contributed by atoms with van der Waals surface area (Å²) in [6.45, 7) is 0.586. The Morgan fingerprint density at radius 2 is 1.93 bits per heavy atom. The summed E-state index contributed by atoms with van der Waals surface area (Å²) >= 11 is 0. The fraction of sp³-hybridized carbons (Fsp3) is 0.350. The van der Waals surface area contributed by atoms with Gasteiger partial charge in [-0.05, 0) is 49.1 Å². The molecule has 2 aromatic carbocycles. The molecule has 1 saturated heterocycles. The Morgan fingerprint density at radius 3 is 2.61 bits per heavy atom. The van der Waals surface area contributed by atoms with Crippen molar-refractivity contribution in [3.8, 4) is 5.75 Å². The lowest BCUT2D eigenvalue weighted by atomic mass is 10.1. The van der Waals surface area contributed by atoms with Crippen molar-refractivity contribution < 1.29 is 22.3 Å². The molecule has 1 N–H and O–H groups in total. The number of hydrogen-bond donors (Lipinski definition) is 1. The van der Waals surface area contributed by atoms with Crippen LogP contribution in [0.2, 0.25) is 0 Å². The first-order valence-electron chi connectivity index (χ1n) is 9.10. The van der Waals surface area contributed by atoms with Gasteiger partial charge in [-0.15, -0.1) is 0 Å². The van der Waals surface area contributed by atoms with Crippen molar-refractivity contribution in [2.45, 2.75) is 30.2 Å². The minimum atomic E-state index is -4.06. The van der Waals surface area contributed by atoms with E-state index in [9.17, 15) is 17.6 Å². The smallest absolute Gasteiger partial charge is 0.246 e. The summed E-state index contributed by atoms with van der Waals surface area (Å²) in [5.74, 6) is -0.410. The molecule has 0 bridgehead atoms. The lowest BCUT2D eigenvalue weighted by Crippen LogP contribution is -2.46. The molecule has 0 saturated carbocycles. The van der Waals surface area contributed by atoms with Gasteiger partial charge in [0.25, 0.3) is 0 Å². The Kier molecular flexibility index (Phi) is 6.31. The van der Waals surface area contributed by atoms with Crippen LogP contribution in [0, 0.1) is 5.82 Å². The van der Waals surface area contributed by atoms with Gasteiger partial charge in [-0.25, -0.2) is 12.8 Å². The van der Waals surface area contributed by atoms with Gasteiger partial charge < -0.3 is 10.1 Å². The molecule has 1 aliphatic heterocycles. The van der Waals surface area contributed by atoms with Gasteiger partial charge in [0.15, 0.2) is 0 Å². The van der Waals surface area contributed by atoms with Crippen LogP contribution in [-0.4, -0.2) is 44.9 Å². The van der Waals surface area contributed by atoms with Crippen LogP contribution in [0.1, 0.15) is 18.4 Å². The van der Waals surface area contributed by atoms with Gasteiger partial charge >= 0.3 is 0 Å². The van der Waals surface area contributed by atoms with Crippen molar-refractivity contribution in [2.24, 2.45) is 0 Å². The first-order chi connectivity index (χ1) is 13.4. The number of sulfonamides is 1. The molecule has 150 valence electrons. The van der Waals surface area contributed by atoms with E-state index >= 15 is 0 Å². The van der Waals surface area contributed by atoms with Crippen LogP contribution in [-0.2, 0) is 21.2 Å². The Bertz CT molecular complexity index is 931. The summed E-state index contributed by atoms with van der Waals surface area (Å²) in [5.41, 5.74) is 1.03. The molecule has 0 aromatic heterocycles. The number of ether oxygens (including phenoxy) is 1. The fourth-order valence-electron chi connectivity index (χ4n) is 3.31. The Hall–Kier alpha value is -2.45. The zero-order chi connectivity index (χ0) is 20.1. The van der Waals surface area contributed by atoms with E-state index in [1.165, 1.54) is 18.2 Å². The number of rotatable bonds is 7. The van der Waals surface area contributed by atoms with E-state index < -0.39 is 26.8 Å². The minimum absolute atomic E-state index is 0.202. The summed E-state index contributed by atoms with van der Waals surface area (Å²) < 4.78 is 45.9. The zero-order valence-electron chi connectivity index (χ0n) is 15.6. The fourth-order valence-corrected chi connectivity index (χ4v) is 5.03. The number of methoxy groups -OCH3 is 1. The second-order valence-corrected chi connectivity index (χ2v) is 8.45. The quantitative estimate of drug-likeness (QED) is 0.766. The van der Waals surface area contributed by atoms with Crippen molar-refractivity contribution in [3.63, 3.8) is 0 Å². The van der Waals surface area contributed by atoms with E-state index in [2.05, 4.69) is 5.32 Å². The molecule has 1 aliphatic rings. The van der Waals surface area contributed by atoms with E-state index in [1.54, 1.807) is 7.11 Å². The van der Waals surface area contributed by atoms with Gasteiger partial charge in [-0.3, -0.25) is 4.79 Å². The number of halogens is 1. The largest absolute Gasteiger partial charge is 0.497 e. The highest BCUT2D eigenvalue weighted by atomic mass is 32.2. The van der Waals surface area contributed by atoms with Crippen molar-refractivity contribution >= 4 is 15.9 Å². The standard InChI is InChI=1S/C20H23FN2O4S/c1-27-16-10-8-15(9-11-16)12-13-22-20(24)18-6-4-14-23(18)28(25,26)19-7-3-2-5-17(19)21/h2-3,5,7-11,18H,4,6,12-14H2,1H3,(H,22,24)/t18-/m0/s1. The van der Waals surface area contributed by atoms with Crippen LogP contribution in [0.4, 0.5) is 4.39 Å². The SMILES string of the molecule is COc1ccc(CCNC(=O)[C@@H]2CCCN2S(=O)(=O)c2ccccc2F)cc1. The van der Waals surface area contributed by atoms with Crippen LogP contribution in [0.5, 0.6) is 5.75 Å². The van der Waals surface area contributed by atoms with Gasteiger partial charge in [-0.2, -0.15) is 4.31 Å². The molecule has 1 heterocycles. The molecule has 28 heavy (non-hydrogen) atoms. The first-order valence-corrected chi connectivity index (χ1v) is 10.5. The van der Waals surface area contributed by atoms with Crippen LogP contribution < -0.4 is 10.1 Å². The maximum absolute atomic E-state index is 14.0. The molecule has 2 aromatic rings. The molecule has 1 amide bonds. The summed E-state index contributed by atoms with van der Waals surface area (Å²) in [5, 5.41) is 2.80. The molecule has 3 rings (SSSR count). The third-order valence-corrected chi connectivity index (χ3v) is 6.74. The van der Waals surface area contributed by atoms with Crippen molar-refractivity contribution in [1.29, 1.82) is 0 Å². The molecule has 0 radical (unpaired) electrons. The van der Waals surface area contributed by atoms with E-state index in [0.717, 1.165) is 21.7 Å². The third-order valence-electron chi connectivity index (χ3n) is 4.80. The normalized spacial score (nSPS) is 17.4. The van der Waals surface area contributed by atoms with Crippen LogP contribution in [0.3, 0.4) is 0 Å². The van der Waals surface area contributed by atoms with Crippen LogP contribution in [0.15, 0.2) is 53.4 Å². The molecule has 1 atom stereocenters.